The molecule has 1 aliphatic heterocycles. The molecule has 1 heterocycles. The van der Waals surface area contributed by atoms with Crippen LogP contribution >= 0.6 is 11.8 Å². The molecule has 0 bridgehead atoms. The third-order valence-electron chi connectivity index (χ3n) is 3.80. The first-order valence-corrected chi connectivity index (χ1v) is 7.52. The molecule has 2 rings (SSSR count). The molecule has 0 aromatic rings. The highest BCUT2D eigenvalue weighted by Gasteiger charge is 2.42. The van der Waals surface area contributed by atoms with Crippen LogP contribution in [-0.4, -0.2) is 29.8 Å². The van der Waals surface area contributed by atoms with Crippen molar-refractivity contribution < 1.29 is 13.2 Å². The van der Waals surface area contributed by atoms with E-state index in [0.717, 1.165) is 13.0 Å². The zero-order valence-electron chi connectivity index (χ0n) is 9.93. The molecule has 0 radical (unpaired) electrons. The van der Waals surface area contributed by atoms with Crippen LogP contribution in [0.15, 0.2) is 0 Å². The van der Waals surface area contributed by atoms with Crippen molar-refractivity contribution in [2.75, 3.05) is 12.3 Å². The molecule has 1 aliphatic carbocycles. The minimum atomic E-state index is -4.00. The Morgan fingerprint density at radius 3 is 2.59 bits per heavy atom. The second kappa shape index (κ2) is 5.83. The van der Waals surface area contributed by atoms with E-state index in [1.807, 2.05) is 11.8 Å². The van der Waals surface area contributed by atoms with Gasteiger partial charge in [0.15, 0.2) is 0 Å². The number of hydrogen-bond donors (Lipinski definition) is 1. The monoisotopic (exact) mass is 267 g/mol. The van der Waals surface area contributed by atoms with Gasteiger partial charge < -0.3 is 5.32 Å². The first kappa shape index (κ1) is 13.5. The maximum Gasteiger partial charge on any atom is 0.391 e. The summed E-state index contributed by atoms with van der Waals surface area (Å²) in [5, 5.41) is 3.97. The lowest BCUT2D eigenvalue weighted by Crippen LogP contribution is -2.40. The van der Waals surface area contributed by atoms with E-state index in [1.54, 1.807) is 0 Å². The van der Waals surface area contributed by atoms with E-state index in [0.29, 0.717) is 18.1 Å². The van der Waals surface area contributed by atoms with Gasteiger partial charge in [0.2, 0.25) is 0 Å². The second-order valence-corrected chi connectivity index (χ2v) is 6.55. The summed E-state index contributed by atoms with van der Waals surface area (Å²) in [7, 11) is 0. The Morgan fingerprint density at radius 2 is 1.94 bits per heavy atom. The average Bonchev–Trinajstić information content (AvgIpc) is 2.78. The summed E-state index contributed by atoms with van der Waals surface area (Å²) in [5.74, 6) is 0.132. The van der Waals surface area contributed by atoms with Gasteiger partial charge in [0.1, 0.15) is 0 Å². The molecule has 1 nitrogen and oxygen atoms in total. The fourth-order valence-corrected chi connectivity index (χ4v) is 3.99. The predicted molar refractivity (Wildman–Crippen MR) is 65.3 cm³/mol. The summed E-state index contributed by atoms with van der Waals surface area (Å²) in [4.78, 5) is 0. The van der Waals surface area contributed by atoms with Crippen molar-refractivity contribution in [3.8, 4) is 0 Å². The lowest BCUT2D eigenvalue weighted by molar-refractivity contribution is -0.183. The lowest BCUT2D eigenvalue weighted by atomic mass is 9.85. The number of nitrogens with one attached hydrogen (secondary N) is 1. The fourth-order valence-electron chi connectivity index (χ4n) is 2.78. The minimum absolute atomic E-state index is 0.0802. The van der Waals surface area contributed by atoms with Crippen molar-refractivity contribution in [2.24, 2.45) is 5.92 Å². The molecule has 0 amide bonds. The Labute approximate surface area is 105 Å². The topological polar surface area (TPSA) is 12.0 Å². The molecular weight excluding hydrogens is 247 g/mol. The Balaban J connectivity index is 1.73. The maximum absolute atomic E-state index is 12.6. The number of thioether (sulfide) groups is 1. The highest BCUT2D eigenvalue weighted by atomic mass is 32.2. The number of alkyl halides is 3. The van der Waals surface area contributed by atoms with Crippen LogP contribution in [0.1, 0.15) is 38.5 Å². The molecule has 2 aliphatic rings. The van der Waals surface area contributed by atoms with Gasteiger partial charge in [0.05, 0.1) is 5.92 Å². The van der Waals surface area contributed by atoms with Crippen LogP contribution in [0, 0.1) is 5.92 Å². The van der Waals surface area contributed by atoms with E-state index in [1.165, 1.54) is 18.6 Å². The molecule has 17 heavy (non-hydrogen) atoms. The molecule has 1 N–H and O–H groups in total. The third kappa shape index (κ3) is 4.05. The normalized spacial score (nSPS) is 35.1. The lowest BCUT2D eigenvalue weighted by Gasteiger charge is -2.31. The summed E-state index contributed by atoms with van der Waals surface area (Å²) in [6.45, 7) is 0.889. The van der Waals surface area contributed by atoms with Crippen LogP contribution in [0.2, 0.25) is 0 Å². The van der Waals surface area contributed by atoms with Gasteiger partial charge in [-0.1, -0.05) is 6.42 Å². The number of halogens is 3. The van der Waals surface area contributed by atoms with Gasteiger partial charge in [-0.25, -0.2) is 0 Å². The van der Waals surface area contributed by atoms with Gasteiger partial charge in [-0.05, 0) is 37.9 Å². The van der Waals surface area contributed by atoms with E-state index in [9.17, 15) is 13.2 Å². The largest absolute Gasteiger partial charge is 0.391 e. The summed E-state index contributed by atoms with van der Waals surface area (Å²) >= 11 is 1.95. The van der Waals surface area contributed by atoms with Crippen molar-refractivity contribution >= 4 is 11.8 Å². The molecule has 3 atom stereocenters. The van der Waals surface area contributed by atoms with Crippen LogP contribution in [0.5, 0.6) is 0 Å². The molecule has 2 fully saturated rings. The number of hydrogen-bond acceptors (Lipinski definition) is 2. The average molecular weight is 267 g/mol. The van der Waals surface area contributed by atoms with Gasteiger partial charge in [-0.15, -0.1) is 0 Å². The van der Waals surface area contributed by atoms with Crippen molar-refractivity contribution in [3.05, 3.63) is 0 Å². The van der Waals surface area contributed by atoms with E-state index in [2.05, 4.69) is 5.32 Å². The van der Waals surface area contributed by atoms with Crippen LogP contribution < -0.4 is 5.32 Å². The van der Waals surface area contributed by atoms with Crippen molar-refractivity contribution in [1.29, 1.82) is 0 Å². The first-order valence-electron chi connectivity index (χ1n) is 6.47. The summed E-state index contributed by atoms with van der Waals surface area (Å²) < 4.78 is 37.9. The van der Waals surface area contributed by atoms with E-state index in [4.69, 9.17) is 0 Å². The Hall–Kier alpha value is 0.100. The highest BCUT2D eigenvalue weighted by Crippen LogP contribution is 2.37. The van der Waals surface area contributed by atoms with Crippen molar-refractivity contribution in [2.45, 2.75) is 56.0 Å². The zero-order valence-corrected chi connectivity index (χ0v) is 10.7. The van der Waals surface area contributed by atoms with Crippen LogP contribution in [0.4, 0.5) is 13.2 Å². The molecule has 1 saturated carbocycles. The number of rotatable bonds is 3. The van der Waals surface area contributed by atoms with Crippen LogP contribution in [0.3, 0.4) is 0 Å². The van der Waals surface area contributed by atoms with Crippen LogP contribution in [-0.2, 0) is 0 Å². The SMILES string of the molecule is FC(F)(F)C1CCCC(NCC2CCCS2)C1. The summed E-state index contributed by atoms with van der Waals surface area (Å²) in [5.41, 5.74) is 0. The van der Waals surface area contributed by atoms with Crippen LogP contribution in [0.25, 0.3) is 0 Å². The third-order valence-corrected chi connectivity index (χ3v) is 5.19. The quantitative estimate of drug-likeness (QED) is 0.838. The second-order valence-electron chi connectivity index (χ2n) is 5.15. The van der Waals surface area contributed by atoms with Gasteiger partial charge in [0.25, 0.3) is 0 Å². The van der Waals surface area contributed by atoms with Gasteiger partial charge in [0, 0.05) is 17.8 Å². The maximum atomic E-state index is 12.6. The summed E-state index contributed by atoms with van der Waals surface area (Å²) in [6, 6.07) is 0.0802. The highest BCUT2D eigenvalue weighted by molar-refractivity contribution is 8.00. The van der Waals surface area contributed by atoms with Gasteiger partial charge in [-0.2, -0.15) is 24.9 Å². The molecule has 1 saturated heterocycles. The summed E-state index contributed by atoms with van der Waals surface area (Å²) in [6.07, 6.45) is 0.687. The van der Waals surface area contributed by atoms with Crippen molar-refractivity contribution in [3.63, 3.8) is 0 Å². The molecule has 0 spiro atoms. The van der Waals surface area contributed by atoms with Gasteiger partial charge in [-0.3, -0.25) is 0 Å². The zero-order chi connectivity index (χ0) is 12.3. The molecular formula is C12H20F3NS. The van der Waals surface area contributed by atoms with E-state index in [-0.39, 0.29) is 12.5 Å². The molecule has 100 valence electrons. The minimum Gasteiger partial charge on any atom is -0.313 e. The Morgan fingerprint density at radius 1 is 1.12 bits per heavy atom. The smallest absolute Gasteiger partial charge is 0.313 e. The first-order chi connectivity index (χ1) is 8.05. The molecule has 3 unspecified atom stereocenters. The van der Waals surface area contributed by atoms with E-state index >= 15 is 0 Å². The van der Waals surface area contributed by atoms with Gasteiger partial charge >= 0.3 is 6.18 Å². The Kier molecular flexibility index (Phi) is 4.64. The fraction of sp³-hybridized carbons (Fsp3) is 1.00. The standard InChI is InChI=1S/C12H20F3NS/c13-12(14,15)9-3-1-4-10(7-9)16-8-11-5-2-6-17-11/h9-11,16H,1-8H2. The van der Waals surface area contributed by atoms with Crippen molar-refractivity contribution in [1.82, 2.24) is 5.32 Å². The molecule has 5 heteroatoms. The molecule has 0 aromatic heterocycles. The molecule has 0 aromatic carbocycles. The Bertz CT molecular complexity index is 238. The predicted octanol–water partition coefficient (Wildman–Crippen LogP) is 3.59. The van der Waals surface area contributed by atoms with E-state index < -0.39 is 12.1 Å².